The van der Waals surface area contributed by atoms with E-state index in [0.29, 0.717) is 13.2 Å². The summed E-state index contributed by atoms with van der Waals surface area (Å²) in [6, 6.07) is 1.55. The van der Waals surface area contributed by atoms with Gasteiger partial charge >= 0.3 is 0 Å². The molecule has 0 aromatic rings. The minimum Gasteiger partial charge on any atom is -0.382 e. The fraction of sp³-hybridized carbons (Fsp3) is 1.00. The Morgan fingerprint density at radius 1 is 1.12 bits per heavy atom. The summed E-state index contributed by atoms with van der Waals surface area (Å²) >= 11 is 0. The van der Waals surface area contributed by atoms with Crippen LogP contribution in [0.2, 0.25) is 0 Å². The predicted octanol–water partition coefficient (Wildman–Crippen LogP) is 0.866. The monoisotopic (exact) mass is 242 g/mol. The molecule has 2 fully saturated rings. The van der Waals surface area contributed by atoms with E-state index in [1.807, 2.05) is 0 Å². The Kier molecular flexibility index (Phi) is 5.71. The molecule has 2 aliphatic rings. The quantitative estimate of drug-likeness (QED) is 0.640. The molecule has 1 aliphatic heterocycles. The number of hydrogen-bond donors (Lipinski definition) is 1. The molecule has 1 saturated heterocycles. The van der Waals surface area contributed by atoms with Gasteiger partial charge in [-0.2, -0.15) is 0 Å². The summed E-state index contributed by atoms with van der Waals surface area (Å²) < 4.78 is 10.5. The van der Waals surface area contributed by atoms with Crippen LogP contribution < -0.4 is 5.32 Å². The lowest BCUT2D eigenvalue weighted by molar-refractivity contribution is 0.0515. The summed E-state index contributed by atoms with van der Waals surface area (Å²) in [7, 11) is 1.71. The number of nitrogens with zero attached hydrogens (tertiary/aromatic N) is 1. The normalized spacial score (nSPS) is 26.3. The first-order valence-corrected chi connectivity index (χ1v) is 6.93. The summed E-state index contributed by atoms with van der Waals surface area (Å²) in [4.78, 5) is 2.52. The fourth-order valence-electron chi connectivity index (χ4n) is 2.42. The number of rotatable bonds is 8. The van der Waals surface area contributed by atoms with Crippen LogP contribution in [-0.2, 0) is 9.47 Å². The third kappa shape index (κ3) is 5.34. The molecule has 0 bridgehead atoms. The van der Waals surface area contributed by atoms with E-state index in [4.69, 9.17) is 9.47 Å². The van der Waals surface area contributed by atoms with Crippen LogP contribution >= 0.6 is 0 Å². The lowest BCUT2D eigenvalue weighted by atomic mass is 10.1. The smallest absolute Gasteiger partial charge is 0.0700 e. The van der Waals surface area contributed by atoms with Gasteiger partial charge in [-0.15, -0.1) is 0 Å². The van der Waals surface area contributed by atoms with Gasteiger partial charge in [0, 0.05) is 32.3 Å². The van der Waals surface area contributed by atoms with E-state index in [1.54, 1.807) is 7.11 Å². The van der Waals surface area contributed by atoms with Crippen LogP contribution in [0.25, 0.3) is 0 Å². The van der Waals surface area contributed by atoms with E-state index < -0.39 is 0 Å². The van der Waals surface area contributed by atoms with Crippen molar-refractivity contribution < 1.29 is 9.47 Å². The summed E-state index contributed by atoms with van der Waals surface area (Å²) in [6.45, 7) is 5.74. The van der Waals surface area contributed by atoms with Crippen molar-refractivity contribution >= 4 is 0 Å². The first kappa shape index (κ1) is 13.3. The second-order valence-corrected chi connectivity index (χ2v) is 5.19. The first-order chi connectivity index (χ1) is 8.38. The topological polar surface area (TPSA) is 33.7 Å². The number of piperidine rings is 1. The Labute approximate surface area is 105 Å². The van der Waals surface area contributed by atoms with Gasteiger partial charge < -0.3 is 14.8 Å². The van der Waals surface area contributed by atoms with E-state index in [9.17, 15) is 0 Å². The standard InChI is InChI=1S/C13H26N2O2/c1-16-9-10-17-8-7-15-6-2-3-13(11-15)14-12-4-5-12/h12-14H,2-11H2,1H3. The van der Waals surface area contributed by atoms with Gasteiger partial charge in [-0.1, -0.05) is 0 Å². The van der Waals surface area contributed by atoms with Crippen molar-refractivity contribution in [2.24, 2.45) is 0 Å². The number of ether oxygens (including phenoxy) is 2. The molecular formula is C13H26N2O2. The molecule has 4 heteroatoms. The van der Waals surface area contributed by atoms with Crippen LogP contribution in [0.1, 0.15) is 25.7 Å². The Morgan fingerprint density at radius 2 is 2.00 bits per heavy atom. The number of hydrogen-bond acceptors (Lipinski definition) is 4. The van der Waals surface area contributed by atoms with Crippen molar-refractivity contribution in [2.75, 3.05) is 46.6 Å². The van der Waals surface area contributed by atoms with E-state index in [0.717, 1.165) is 25.2 Å². The minimum absolute atomic E-state index is 0.700. The third-order valence-electron chi connectivity index (χ3n) is 3.54. The second kappa shape index (κ2) is 7.31. The van der Waals surface area contributed by atoms with E-state index >= 15 is 0 Å². The Hall–Kier alpha value is -0.160. The van der Waals surface area contributed by atoms with Gasteiger partial charge in [-0.05, 0) is 32.2 Å². The summed E-state index contributed by atoms with van der Waals surface area (Å²) in [5.41, 5.74) is 0. The zero-order valence-electron chi connectivity index (χ0n) is 11.0. The maximum absolute atomic E-state index is 5.52. The van der Waals surface area contributed by atoms with Gasteiger partial charge in [-0.25, -0.2) is 0 Å². The Bertz CT molecular complexity index is 210. The molecule has 1 heterocycles. The summed E-state index contributed by atoms with van der Waals surface area (Å²) in [6.07, 6.45) is 5.44. The van der Waals surface area contributed by atoms with Crippen LogP contribution in [0, 0.1) is 0 Å². The molecule has 1 unspecified atom stereocenters. The van der Waals surface area contributed by atoms with Crippen molar-refractivity contribution in [1.82, 2.24) is 10.2 Å². The van der Waals surface area contributed by atoms with Crippen molar-refractivity contribution in [3.63, 3.8) is 0 Å². The highest BCUT2D eigenvalue weighted by atomic mass is 16.5. The number of likely N-dealkylation sites (tertiary alicyclic amines) is 1. The molecule has 100 valence electrons. The Morgan fingerprint density at radius 3 is 2.76 bits per heavy atom. The molecular weight excluding hydrogens is 216 g/mol. The van der Waals surface area contributed by atoms with Gasteiger partial charge in [0.1, 0.15) is 0 Å². The molecule has 0 aromatic heterocycles. The first-order valence-electron chi connectivity index (χ1n) is 6.93. The molecule has 0 amide bonds. The molecule has 1 aliphatic carbocycles. The summed E-state index contributed by atoms with van der Waals surface area (Å²) in [5, 5.41) is 3.73. The molecule has 1 N–H and O–H groups in total. The maximum atomic E-state index is 5.52. The number of methoxy groups -OCH3 is 1. The molecule has 2 rings (SSSR count). The second-order valence-electron chi connectivity index (χ2n) is 5.19. The number of nitrogens with one attached hydrogen (secondary N) is 1. The van der Waals surface area contributed by atoms with Crippen LogP contribution in [0.3, 0.4) is 0 Å². The average molecular weight is 242 g/mol. The van der Waals surface area contributed by atoms with Crippen molar-refractivity contribution in [3.05, 3.63) is 0 Å². The molecule has 0 aromatic carbocycles. The fourth-order valence-corrected chi connectivity index (χ4v) is 2.42. The van der Waals surface area contributed by atoms with E-state index in [2.05, 4.69) is 10.2 Å². The molecule has 4 nitrogen and oxygen atoms in total. The predicted molar refractivity (Wildman–Crippen MR) is 68.3 cm³/mol. The van der Waals surface area contributed by atoms with Gasteiger partial charge in [0.15, 0.2) is 0 Å². The lowest BCUT2D eigenvalue weighted by Gasteiger charge is -2.33. The lowest BCUT2D eigenvalue weighted by Crippen LogP contribution is -2.47. The molecule has 0 radical (unpaired) electrons. The molecule has 1 saturated carbocycles. The van der Waals surface area contributed by atoms with Crippen molar-refractivity contribution in [1.29, 1.82) is 0 Å². The van der Waals surface area contributed by atoms with Crippen molar-refractivity contribution in [2.45, 2.75) is 37.8 Å². The van der Waals surface area contributed by atoms with E-state index in [-0.39, 0.29) is 0 Å². The van der Waals surface area contributed by atoms with Gasteiger partial charge in [-0.3, -0.25) is 4.90 Å². The Balaban J connectivity index is 1.53. The van der Waals surface area contributed by atoms with Gasteiger partial charge in [0.05, 0.1) is 19.8 Å². The average Bonchev–Trinajstić information content (AvgIpc) is 3.13. The summed E-state index contributed by atoms with van der Waals surface area (Å²) in [5.74, 6) is 0. The van der Waals surface area contributed by atoms with Crippen molar-refractivity contribution in [3.8, 4) is 0 Å². The molecule has 0 spiro atoms. The van der Waals surface area contributed by atoms with Crippen LogP contribution in [0.15, 0.2) is 0 Å². The largest absolute Gasteiger partial charge is 0.382 e. The highest BCUT2D eigenvalue weighted by Gasteiger charge is 2.27. The van der Waals surface area contributed by atoms with E-state index in [1.165, 1.54) is 38.8 Å². The van der Waals surface area contributed by atoms with Crippen LogP contribution in [0.4, 0.5) is 0 Å². The highest BCUT2D eigenvalue weighted by Crippen LogP contribution is 2.21. The van der Waals surface area contributed by atoms with Gasteiger partial charge in [0.2, 0.25) is 0 Å². The zero-order valence-corrected chi connectivity index (χ0v) is 11.0. The zero-order chi connectivity index (χ0) is 11.9. The third-order valence-corrected chi connectivity index (χ3v) is 3.54. The maximum Gasteiger partial charge on any atom is 0.0700 e. The molecule has 1 atom stereocenters. The minimum atomic E-state index is 0.700. The highest BCUT2D eigenvalue weighted by molar-refractivity contribution is 4.87. The SMILES string of the molecule is COCCOCCN1CCCC(NC2CC2)C1. The van der Waals surface area contributed by atoms with Crippen LogP contribution in [0.5, 0.6) is 0 Å². The van der Waals surface area contributed by atoms with Gasteiger partial charge in [0.25, 0.3) is 0 Å². The molecule has 17 heavy (non-hydrogen) atoms. The van der Waals surface area contributed by atoms with Crippen LogP contribution in [-0.4, -0.2) is 63.5 Å².